The summed E-state index contributed by atoms with van der Waals surface area (Å²) in [6.45, 7) is 4.34. The molecule has 9 aromatic rings. The standard InChI is InChI=1S/C50H36/c1-33-12-10-16-36(26-33)42-30-43(37-17-11-13-34(2)27-37)32-44(31-42)50-47-20-8-6-18-45(47)49(46-19-7-9-21-48(46)50)41-25-24-39-28-38(22-23-40(39)29-41)35-14-4-3-5-15-35/h3-32H,1-2H3. The zero-order valence-corrected chi connectivity index (χ0v) is 28.3. The Balaban J connectivity index is 1.29. The van der Waals surface area contributed by atoms with Crippen LogP contribution in [-0.4, -0.2) is 0 Å². The van der Waals surface area contributed by atoms with Gasteiger partial charge in [-0.1, -0.05) is 163 Å². The summed E-state index contributed by atoms with van der Waals surface area (Å²) in [7, 11) is 0. The minimum atomic E-state index is 1.23. The van der Waals surface area contributed by atoms with Crippen LogP contribution in [0.1, 0.15) is 11.1 Å². The van der Waals surface area contributed by atoms with Gasteiger partial charge in [-0.05, 0) is 132 Å². The van der Waals surface area contributed by atoms with E-state index in [9.17, 15) is 0 Å². The number of hydrogen-bond donors (Lipinski definition) is 0. The van der Waals surface area contributed by atoms with Crippen LogP contribution in [0.4, 0.5) is 0 Å². The van der Waals surface area contributed by atoms with Crippen LogP contribution < -0.4 is 0 Å². The number of fused-ring (bicyclic) bond motifs is 3. The molecule has 236 valence electrons. The lowest BCUT2D eigenvalue weighted by Crippen LogP contribution is -1.92. The monoisotopic (exact) mass is 636 g/mol. The third-order valence-electron chi connectivity index (χ3n) is 10.1. The molecule has 0 bridgehead atoms. The first kappa shape index (κ1) is 29.9. The van der Waals surface area contributed by atoms with Crippen molar-refractivity contribution in [2.75, 3.05) is 0 Å². The topological polar surface area (TPSA) is 0 Å². The second kappa shape index (κ2) is 12.3. The van der Waals surface area contributed by atoms with Gasteiger partial charge in [0.05, 0.1) is 0 Å². The first-order valence-electron chi connectivity index (χ1n) is 17.4. The molecule has 0 nitrogen and oxygen atoms in total. The van der Waals surface area contributed by atoms with E-state index in [1.54, 1.807) is 0 Å². The number of benzene rings is 9. The predicted molar refractivity (Wildman–Crippen MR) is 216 cm³/mol. The van der Waals surface area contributed by atoms with Gasteiger partial charge in [0, 0.05) is 0 Å². The fourth-order valence-electron chi connectivity index (χ4n) is 7.72. The second-order valence-electron chi connectivity index (χ2n) is 13.5. The van der Waals surface area contributed by atoms with Crippen LogP contribution in [0.2, 0.25) is 0 Å². The molecule has 0 atom stereocenters. The first-order chi connectivity index (χ1) is 24.6. The van der Waals surface area contributed by atoms with E-state index in [4.69, 9.17) is 0 Å². The zero-order valence-electron chi connectivity index (χ0n) is 28.3. The molecule has 9 rings (SSSR count). The highest BCUT2D eigenvalue weighted by Crippen LogP contribution is 2.45. The van der Waals surface area contributed by atoms with Crippen LogP contribution in [0, 0.1) is 13.8 Å². The third kappa shape index (κ3) is 5.36. The predicted octanol–water partition coefficient (Wildman–Crippen LogP) is 14.1. The van der Waals surface area contributed by atoms with Gasteiger partial charge in [-0.15, -0.1) is 0 Å². The molecule has 0 aromatic heterocycles. The van der Waals surface area contributed by atoms with E-state index in [1.807, 2.05) is 0 Å². The molecule has 0 fully saturated rings. The number of aryl methyl sites for hydroxylation is 2. The number of rotatable bonds is 5. The number of hydrogen-bond acceptors (Lipinski definition) is 0. The molecule has 50 heavy (non-hydrogen) atoms. The molecule has 0 saturated carbocycles. The summed E-state index contributed by atoms with van der Waals surface area (Å²) in [5, 5.41) is 7.54. The summed E-state index contributed by atoms with van der Waals surface area (Å²) >= 11 is 0. The highest BCUT2D eigenvalue weighted by atomic mass is 14.2. The molecule has 0 spiro atoms. The molecule has 0 aliphatic rings. The van der Waals surface area contributed by atoms with E-state index in [0.717, 1.165) is 0 Å². The SMILES string of the molecule is Cc1cccc(-c2cc(-c3cccc(C)c3)cc(-c3c4ccccc4c(-c4ccc5cc(-c6ccccc6)ccc5c4)c4ccccc34)c2)c1. The summed E-state index contributed by atoms with van der Waals surface area (Å²) in [5.74, 6) is 0. The van der Waals surface area contributed by atoms with Crippen LogP contribution in [0.15, 0.2) is 182 Å². The molecule has 9 aromatic carbocycles. The Morgan fingerprint density at radius 2 is 0.640 bits per heavy atom. The first-order valence-corrected chi connectivity index (χ1v) is 17.4. The van der Waals surface area contributed by atoms with Gasteiger partial charge in [0.25, 0.3) is 0 Å². The highest BCUT2D eigenvalue weighted by molar-refractivity contribution is 6.22. The maximum atomic E-state index is 2.39. The minimum Gasteiger partial charge on any atom is -0.0622 e. The maximum absolute atomic E-state index is 2.39. The van der Waals surface area contributed by atoms with Crippen molar-refractivity contribution in [2.45, 2.75) is 13.8 Å². The highest BCUT2D eigenvalue weighted by Gasteiger charge is 2.18. The van der Waals surface area contributed by atoms with E-state index < -0.39 is 0 Å². The summed E-state index contributed by atoms with van der Waals surface area (Å²) in [5.41, 5.74) is 14.9. The lowest BCUT2D eigenvalue weighted by atomic mass is 9.84. The van der Waals surface area contributed by atoms with E-state index in [0.29, 0.717) is 0 Å². The van der Waals surface area contributed by atoms with Crippen molar-refractivity contribution in [1.29, 1.82) is 0 Å². The van der Waals surface area contributed by atoms with Crippen molar-refractivity contribution in [3.05, 3.63) is 193 Å². The minimum absolute atomic E-state index is 1.23. The smallest absolute Gasteiger partial charge is 0.00259 e. The Kier molecular flexibility index (Phi) is 7.37. The van der Waals surface area contributed by atoms with Crippen LogP contribution >= 0.6 is 0 Å². The quantitative estimate of drug-likeness (QED) is 0.165. The lowest BCUT2D eigenvalue weighted by molar-refractivity contribution is 1.46. The Morgan fingerprint density at radius 1 is 0.240 bits per heavy atom. The van der Waals surface area contributed by atoms with Crippen LogP contribution in [0.25, 0.3) is 88.0 Å². The fourth-order valence-corrected chi connectivity index (χ4v) is 7.72. The Hall–Kier alpha value is -6.24. The summed E-state index contributed by atoms with van der Waals surface area (Å²) in [6.07, 6.45) is 0. The summed E-state index contributed by atoms with van der Waals surface area (Å²) < 4.78 is 0. The molecule has 0 amide bonds. The normalized spacial score (nSPS) is 11.4. The molecule has 0 unspecified atom stereocenters. The molecular formula is C50H36. The average molecular weight is 637 g/mol. The van der Waals surface area contributed by atoms with Gasteiger partial charge >= 0.3 is 0 Å². The molecule has 0 radical (unpaired) electrons. The zero-order chi connectivity index (χ0) is 33.6. The fraction of sp³-hybridized carbons (Fsp3) is 0.0400. The second-order valence-corrected chi connectivity index (χ2v) is 13.5. The molecule has 0 N–H and O–H groups in total. The maximum Gasteiger partial charge on any atom is -0.00259 e. The van der Waals surface area contributed by atoms with E-state index in [2.05, 4.69) is 196 Å². The van der Waals surface area contributed by atoms with Crippen LogP contribution in [0.3, 0.4) is 0 Å². The van der Waals surface area contributed by atoms with Gasteiger partial charge in [-0.3, -0.25) is 0 Å². The van der Waals surface area contributed by atoms with Gasteiger partial charge in [0.15, 0.2) is 0 Å². The van der Waals surface area contributed by atoms with Gasteiger partial charge in [-0.2, -0.15) is 0 Å². The van der Waals surface area contributed by atoms with Crippen molar-refractivity contribution in [2.24, 2.45) is 0 Å². The van der Waals surface area contributed by atoms with E-state index in [1.165, 1.54) is 99.1 Å². The van der Waals surface area contributed by atoms with Gasteiger partial charge in [-0.25, -0.2) is 0 Å². The van der Waals surface area contributed by atoms with E-state index in [-0.39, 0.29) is 0 Å². The molecule has 0 aliphatic heterocycles. The van der Waals surface area contributed by atoms with Gasteiger partial charge in [0.1, 0.15) is 0 Å². The molecule has 0 heteroatoms. The van der Waals surface area contributed by atoms with E-state index >= 15 is 0 Å². The largest absolute Gasteiger partial charge is 0.0622 e. The average Bonchev–Trinajstić information content (AvgIpc) is 3.16. The van der Waals surface area contributed by atoms with Crippen LogP contribution in [-0.2, 0) is 0 Å². The molecule has 0 saturated heterocycles. The van der Waals surface area contributed by atoms with Crippen LogP contribution in [0.5, 0.6) is 0 Å². The van der Waals surface area contributed by atoms with Crippen molar-refractivity contribution < 1.29 is 0 Å². The molecule has 0 aliphatic carbocycles. The molecule has 0 heterocycles. The lowest BCUT2D eigenvalue weighted by Gasteiger charge is -2.19. The van der Waals surface area contributed by atoms with Crippen molar-refractivity contribution >= 4 is 32.3 Å². The summed E-state index contributed by atoms with van der Waals surface area (Å²) in [4.78, 5) is 0. The van der Waals surface area contributed by atoms with Crippen molar-refractivity contribution in [3.63, 3.8) is 0 Å². The van der Waals surface area contributed by atoms with Crippen molar-refractivity contribution in [3.8, 4) is 55.6 Å². The van der Waals surface area contributed by atoms with Gasteiger partial charge in [0.2, 0.25) is 0 Å². The Morgan fingerprint density at radius 3 is 1.16 bits per heavy atom. The molecular weight excluding hydrogens is 601 g/mol. The Labute approximate surface area is 293 Å². The van der Waals surface area contributed by atoms with Crippen molar-refractivity contribution in [1.82, 2.24) is 0 Å². The summed E-state index contributed by atoms with van der Waals surface area (Å²) in [6, 6.07) is 67.2. The Bertz CT molecular complexity index is 2590. The van der Waals surface area contributed by atoms with Gasteiger partial charge < -0.3 is 0 Å². The third-order valence-corrected chi connectivity index (χ3v) is 10.1.